The van der Waals surface area contributed by atoms with E-state index in [1.54, 1.807) is 0 Å². The van der Waals surface area contributed by atoms with Crippen molar-refractivity contribution in [2.45, 2.75) is 52.0 Å². The van der Waals surface area contributed by atoms with Crippen LogP contribution in [0, 0.1) is 6.92 Å². The molecule has 2 unspecified atom stereocenters. The Hall–Kier alpha value is -2.94. The zero-order valence-corrected chi connectivity index (χ0v) is 21.3. The van der Waals surface area contributed by atoms with Gasteiger partial charge in [0.2, 0.25) is 0 Å². The van der Waals surface area contributed by atoms with Gasteiger partial charge in [-0.1, -0.05) is 6.07 Å². The van der Waals surface area contributed by atoms with Gasteiger partial charge in [0.05, 0.1) is 31.5 Å². The molecule has 3 aliphatic heterocycles. The topological polar surface area (TPSA) is 82.7 Å². The van der Waals surface area contributed by atoms with Gasteiger partial charge in [0, 0.05) is 56.1 Å². The van der Waals surface area contributed by atoms with Crippen LogP contribution in [0.5, 0.6) is 0 Å². The number of amides is 2. The third-order valence-corrected chi connectivity index (χ3v) is 7.71. The summed E-state index contributed by atoms with van der Waals surface area (Å²) in [4.78, 5) is 25.4. The molecule has 2 fully saturated rings. The van der Waals surface area contributed by atoms with Gasteiger partial charge in [-0.25, -0.2) is 9.78 Å². The minimum Gasteiger partial charge on any atom is -0.378 e. The molecule has 1 aromatic carbocycles. The number of rotatable bonds is 2. The molecule has 0 bridgehead atoms. The second-order valence-electron chi connectivity index (χ2n) is 10.5. The zero-order chi connectivity index (χ0) is 24.8. The minimum atomic E-state index is 0.0612. The molecule has 8 heteroatoms. The number of ether oxygens (including phenoxy) is 2. The second-order valence-corrected chi connectivity index (χ2v) is 10.5. The van der Waals surface area contributed by atoms with Crippen LogP contribution in [-0.4, -0.2) is 77.4 Å². The number of aromatic nitrogens is 2. The summed E-state index contributed by atoms with van der Waals surface area (Å²) in [5.74, 6) is 0. The number of urea groups is 1. The van der Waals surface area contributed by atoms with Crippen LogP contribution in [-0.2, 0) is 22.4 Å². The van der Waals surface area contributed by atoms with Crippen LogP contribution in [0.25, 0.3) is 22.2 Å². The maximum Gasteiger partial charge on any atom is 0.320 e. The predicted octanol–water partition coefficient (Wildman–Crippen LogP) is 3.79. The molecule has 6 rings (SSSR count). The maximum atomic E-state index is 13.5. The Bertz CT molecular complexity index is 1270. The number of morpholine rings is 2. The molecular weight excluding hydrogens is 454 g/mol. The van der Waals surface area contributed by atoms with E-state index in [1.165, 1.54) is 27.8 Å². The number of pyridine rings is 1. The molecule has 0 radical (unpaired) electrons. The highest BCUT2D eigenvalue weighted by molar-refractivity contribution is 5.84. The molecule has 2 amide bonds. The third kappa shape index (κ3) is 4.38. The highest BCUT2D eigenvalue weighted by Gasteiger charge is 2.32. The Morgan fingerprint density at radius 1 is 1.11 bits per heavy atom. The summed E-state index contributed by atoms with van der Waals surface area (Å²) in [5.41, 5.74) is 8.19. The van der Waals surface area contributed by atoms with E-state index in [-0.39, 0.29) is 24.3 Å². The van der Waals surface area contributed by atoms with Crippen LogP contribution in [0.1, 0.15) is 42.1 Å². The van der Waals surface area contributed by atoms with Gasteiger partial charge in [-0.2, -0.15) is 0 Å². The summed E-state index contributed by atoms with van der Waals surface area (Å²) in [6, 6.07) is 7.03. The average molecular weight is 490 g/mol. The quantitative estimate of drug-likeness (QED) is 0.573. The Balaban J connectivity index is 1.35. The fourth-order valence-electron chi connectivity index (χ4n) is 5.93. The van der Waals surface area contributed by atoms with Gasteiger partial charge >= 0.3 is 6.03 Å². The molecule has 0 aliphatic carbocycles. The molecule has 2 saturated heterocycles. The summed E-state index contributed by atoms with van der Waals surface area (Å²) in [6.07, 6.45) is 4.92. The van der Waals surface area contributed by atoms with Crippen LogP contribution in [0.3, 0.4) is 0 Å². The Morgan fingerprint density at radius 3 is 2.72 bits per heavy atom. The van der Waals surface area contributed by atoms with Gasteiger partial charge in [0.15, 0.2) is 0 Å². The molecule has 8 nitrogen and oxygen atoms in total. The number of H-pyrrole nitrogens is 1. The number of hydrogen-bond acceptors (Lipinski definition) is 5. The van der Waals surface area contributed by atoms with E-state index in [0.29, 0.717) is 26.2 Å². The lowest BCUT2D eigenvalue weighted by Crippen LogP contribution is -2.53. The van der Waals surface area contributed by atoms with Crippen molar-refractivity contribution in [1.29, 1.82) is 0 Å². The first kappa shape index (κ1) is 23.5. The first-order chi connectivity index (χ1) is 17.5. The Morgan fingerprint density at radius 2 is 1.94 bits per heavy atom. The molecule has 5 heterocycles. The SMILES string of the molecule is Cc1c[nH]c2ncc(-c3cc4c(c(C5COCCN5)c3)CN(C(=O)N3CC(C)O[C@@H](C)C3)CC4)cc12. The number of carbonyl (C=O) groups excluding carboxylic acids is 1. The summed E-state index contributed by atoms with van der Waals surface area (Å²) in [7, 11) is 0. The van der Waals surface area contributed by atoms with Gasteiger partial charge in [-0.05, 0) is 67.1 Å². The molecule has 36 heavy (non-hydrogen) atoms. The lowest BCUT2D eigenvalue weighted by molar-refractivity contribution is -0.0585. The molecular formula is C28H35N5O3. The smallest absolute Gasteiger partial charge is 0.320 e. The first-order valence-electron chi connectivity index (χ1n) is 13.1. The van der Waals surface area contributed by atoms with Crippen molar-refractivity contribution in [2.24, 2.45) is 0 Å². The van der Waals surface area contributed by atoms with Gasteiger partial charge < -0.3 is 29.6 Å². The summed E-state index contributed by atoms with van der Waals surface area (Å²) in [6.45, 7) is 11.0. The van der Waals surface area contributed by atoms with Crippen LogP contribution in [0.4, 0.5) is 4.79 Å². The average Bonchev–Trinajstić information content (AvgIpc) is 3.27. The monoisotopic (exact) mass is 489 g/mol. The van der Waals surface area contributed by atoms with E-state index < -0.39 is 0 Å². The van der Waals surface area contributed by atoms with Crippen molar-refractivity contribution in [3.63, 3.8) is 0 Å². The van der Waals surface area contributed by atoms with Gasteiger partial charge in [0.1, 0.15) is 5.65 Å². The summed E-state index contributed by atoms with van der Waals surface area (Å²) < 4.78 is 11.7. The van der Waals surface area contributed by atoms with E-state index in [9.17, 15) is 4.79 Å². The predicted molar refractivity (Wildman–Crippen MR) is 139 cm³/mol. The third-order valence-electron chi connectivity index (χ3n) is 7.71. The number of benzene rings is 1. The number of hydrogen-bond donors (Lipinski definition) is 2. The summed E-state index contributed by atoms with van der Waals surface area (Å²) >= 11 is 0. The molecule has 0 saturated carbocycles. The minimum absolute atomic E-state index is 0.0612. The van der Waals surface area contributed by atoms with Crippen molar-refractivity contribution < 1.29 is 14.3 Å². The second kappa shape index (κ2) is 9.50. The lowest BCUT2D eigenvalue weighted by atomic mass is 9.87. The fraction of sp³-hybridized carbons (Fsp3) is 0.500. The normalized spacial score (nSPS) is 24.7. The van der Waals surface area contributed by atoms with Crippen LogP contribution >= 0.6 is 0 Å². The van der Waals surface area contributed by atoms with E-state index in [0.717, 1.165) is 42.7 Å². The zero-order valence-electron chi connectivity index (χ0n) is 21.3. The lowest BCUT2D eigenvalue weighted by Gasteiger charge is -2.40. The number of aryl methyl sites for hydroxylation is 1. The Labute approximate surface area is 212 Å². The highest BCUT2D eigenvalue weighted by Crippen LogP contribution is 2.35. The molecule has 3 atom stereocenters. The fourth-order valence-corrected chi connectivity index (χ4v) is 5.93. The molecule has 2 aromatic heterocycles. The largest absolute Gasteiger partial charge is 0.378 e. The molecule has 3 aromatic rings. The number of aromatic amines is 1. The van der Waals surface area contributed by atoms with E-state index >= 15 is 0 Å². The van der Waals surface area contributed by atoms with Crippen molar-refractivity contribution in [2.75, 3.05) is 39.4 Å². The standard InChI is InChI=1S/C28H35N5O3/c1-17-11-30-27-23(17)10-22(12-31-27)21-8-20-4-6-32(28(34)33-13-18(2)36-19(3)14-33)15-25(20)24(9-21)26-16-35-7-5-29-26/h8-12,18-19,26,29H,4-7,13-16H2,1-3H3,(H,30,31)/t18-,19?,26?/m0/s1. The number of nitrogens with one attached hydrogen (secondary N) is 2. The molecule has 3 aliphatic rings. The number of nitrogens with zero attached hydrogens (tertiary/aromatic N) is 3. The summed E-state index contributed by atoms with van der Waals surface area (Å²) in [5, 5.41) is 4.79. The Kier molecular flexibility index (Phi) is 6.19. The van der Waals surface area contributed by atoms with E-state index in [4.69, 9.17) is 9.47 Å². The molecule has 190 valence electrons. The van der Waals surface area contributed by atoms with Crippen molar-refractivity contribution in [3.8, 4) is 11.1 Å². The van der Waals surface area contributed by atoms with Crippen molar-refractivity contribution in [1.82, 2.24) is 25.1 Å². The van der Waals surface area contributed by atoms with Crippen LogP contribution < -0.4 is 5.32 Å². The number of carbonyl (C=O) groups is 1. The van der Waals surface area contributed by atoms with Gasteiger partial charge in [0.25, 0.3) is 0 Å². The van der Waals surface area contributed by atoms with Crippen LogP contribution in [0.15, 0.2) is 30.6 Å². The van der Waals surface area contributed by atoms with E-state index in [2.05, 4.69) is 40.4 Å². The highest BCUT2D eigenvalue weighted by atomic mass is 16.5. The van der Waals surface area contributed by atoms with E-state index in [1.807, 2.05) is 36.0 Å². The van der Waals surface area contributed by atoms with Gasteiger partial charge in [-0.3, -0.25) is 0 Å². The van der Waals surface area contributed by atoms with Gasteiger partial charge in [-0.15, -0.1) is 0 Å². The first-order valence-corrected chi connectivity index (χ1v) is 13.1. The number of fused-ring (bicyclic) bond motifs is 2. The maximum absolute atomic E-state index is 13.5. The van der Waals surface area contributed by atoms with Crippen molar-refractivity contribution >= 4 is 17.1 Å². The van der Waals surface area contributed by atoms with Crippen molar-refractivity contribution in [3.05, 3.63) is 52.8 Å². The van der Waals surface area contributed by atoms with Crippen LogP contribution in [0.2, 0.25) is 0 Å². The molecule has 0 spiro atoms. The molecule has 2 N–H and O–H groups in total.